The number of hydrogen-bond acceptors (Lipinski definition) is 3. The molecule has 0 spiro atoms. The summed E-state index contributed by atoms with van der Waals surface area (Å²) in [4.78, 5) is 11.3. The molecule has 78 valence electrons. The summed E-state index contributed by atoms with van der Waals surface area (Å²) in [5.74, 6) is 0.319. The molecule has 0 heterocycles. The van der Waals surface area contributed by atoms with E-state index in [2.05, 4.69) is 0 Å². The van der Waals surface area contributed by atoms with E-state index in [4.69, 9.17) is 22.1 Å². The third-order valence-electron chi connectivity index (χ3n) is 1.65. The summed E-state index contributed by atoms with van der Waals surface area (Å²) in [5, 5.41) is 0.498. The normalized spacial score (nSPS) is 9.07. The molecule has 0 radical (unpaired) electrons. The summed E-state index contributed by atoms with van der Waals surface area (Å²) in [6.45, 7) is -0.0449. The molecule has 14 heavy (non-hydrogen) atoms. The number of Topliss-reactive ketones (excluding diaryl/α,β-unsaturated/α-hetero) is 1. The van der Waals surface area contributed by atoms with Crippen LogP contribution in [0, 0.1) is 0 Å². The number of hydrogen-bond donors (Lipinski definition) is 1. The van der Waals surface area contributed by atoms with Crippen LogP contribution in [0.15, 0.2) is 18.2 Å². The highest BCUT2D eigenvalue weighted by molar-refractivity contribution is 6.31. The summed E-state index contributed by atoms with van der Waals surface area (Å²) in [7, 11) is 1.50. The second-order valence-corrected chi connectivity index (χ2v) is 2.91. The van der Waals surface area contributed by atoms with Gasteiger partial charge in [0.05, 0.1) is 19.2 Å². The molecule has 0 saturated carbocycles. The van der Waals surface area contributed by atoms with Crippen LogP contribution in [0.3, 0.4) is 0 Å². The summed E-state index contributed by atoms with van der Waals surface area (Å²) >= 11 is 5.73. The van der Waals surface area contributed by atoms with Crippen LogP contribution in [0.5, 0.6) is 5.75 Å². The van der Waals surface area contributed by atoms with Crippen molar-refractivity contribution in [3.8, 4) is 5.75 Å². The fourth-order valence-electron chi connectivity index (χ4n) is 1.01. The van der Waals surface area contributed by atoms with Gasteiger partial charge in [0.1, 0.15) is 5.75 Å². The summed E-state index contributed by atoms with van der Waals surface area (Å²) in [6.07, 6.45) is 0. The van der Waals surface area contributed by atoms with Crippen molar-refractivity contribution in [1.82, 2.24) is 0 Å². The Bertz CT molecular complexity index is 329. The zero-order valence-electron chi connectivity index (χ0n) is 7.62. The van der Waals surface area contributed by atoms with Crippen LogP contribution in [-0.2, 0) is 0 Å². The van der Waals surface area contributed by atoms with Crippen LogP contribution in [0.2, 0.25) is 5.02 Å². The first-order chi connectivity index (χ1) is 6.19. The lowest BCUT2D eigenvalue weighted by Crippen LogP contribution is -2.14. The van der Waals surface area contributed by atoms with Gasteiger partial charge in [-0.1, -0.05) is 11.6 Å². The Kier molecular flexibility index (Phi) is 5.53. The average molecular weight is 236 g/mol. The molecule has 0 fully saturated rings. The van der Waals surface area contributed by atoms with Gasteiger partial charge in [-0.3, -0.25) is 4.79 Å². The second-order valence-electron chi connectivity index (χ2n) is 2.47. The van der Waals surface area contributed by atoms with E-state index in [9.17, 15) is 4.79 Å². The molecule has 1 aromatic carbocycles. The molecule has 0 aromatic heterocycles. The zero-order chi connectivity index (χ0) is 9.84. The van der Waals surface area contributed by atoms with E-state index in [1.54, 1.807) is 18.2 Å². The Balaban J connectivity index is 0.00000169. The van der Waals surface area contributed by atoms with Gasteiger partial charge in [0.2, 0.25) is 0 Å². The molecule has 0 unspecified atom stereocenters. The van der Waals surface area contributed by atoms with Gasteiger partial charge in [0.15, 0.2) is 5.78 Å². The van der Waals surface area contributed by atoms with E-state index in [0.717, 1.165) is 0 Å². The third kappa shape index (κ3) is 2.87. The minimum Gasteiger partial charge on any atom is -0.496 e. The van der Waals surface area contributed by atoms with Crippen LogP contribution in [0.1, 0.15) is 10.4 Å². The predicted octanol–water partition coefficient (Wildman–Crippen LogP) is 1.91. The number of ether oxygens (including phenoxy) is 1. The SMILES string of the molecule is COc1ccc(Cl)cc1C(=O)CN.Cl. The van der Waals surface area contributed by atoms with Crippen molar-refractivity contribution >= 4 is 29.8 Å². The summed E-state index contributed by atoms with van der Waals surface area (Å²) in [6, 6.07) is 4.86. The number of ketones is 1. The maximum atomic E-state index is 11.3. The van der Waals surface area contributed by atoms with Crippen molar-refractivity contribution in [2.75, 3.05) is 13.7 Å². The largest absolute Gasteiger partial charge is 0.496 e. The third-order valence-corrected chi connectivity index (χ3v) is 1.88. The Labute approximate surface area is 93.6 Å². The molecular weight excluding hydrogens is 225 g/mol. The number of carbonyl (C=O) groups is 1. The maximum absolute atomic E-state index is 11.3. The number of benzene rings is 1. The molecule has 2 N–H and O–H groups in total. The number of carbonyl (C=O) groups excluding carboxylic acids is 1. The monoisotopic (exact) mass is 235 g/mol. The number of halogens is 2. The summed E-state index contributed by atoms with van der Waals surface area (Å²) < 4.78 is 4.99. The van der Waals surface area contributed by atoms with Crippen LogP contribution in [-0.4, -0.2) is 19.4 Å². The molecule has 0 saturated heterocycles. The number of nitrogens with two attached hydrogens (primary N) is 1. The predicted molar refractivity (Wildman–Crippen MR) is 58.6 cm³/mol. The molecule has 3 nitrogen and oxygen atoms in total. The molecule has 0 aliphatic rings. The van der Waals surface area contributed by atoms with Crippen LogP contribution in [0.25, 0.3) is 0 Å². The lowest BCUT2D eigenvalue weighted by molar-refractivity contribution is 0.0998. The van der Waals surface area contributed by atoms with Crippen molar-refractivity contribution in [1.29, 1.82) is 0 Å². The minimum atomic E-state index is -0.181. The minimum absolute atomic E-state index is 0. The summed E-state index contributed by atoms with van der Waals surface area (Å²) in [5.41, 5.74) is 5.66. The number of methoxy groups -OCH3 is 1. The van der Waals surface area contributed by atoms with E-state index in [1.165, 1.54) is 7.11 Å². The smallest absolute Gasteiger partial charge is 0.180 e. The van der Waals surface area contributed by atoms with Crippen LogP contribution < -0.4 is 10.5 Å². The van der Waals surface area contributed by atoms with Gasteiger partial charge in [-0.15, -0.1) is 12.4 Å². The van der Waals surface area contributed by atoms with Crippen LogP contribution in [0.4, 0.5) is 0 Å². The van der Waals surface area contributed by atoms with E-state index in [0.29, 0.717) is 16.3 Å². The van der Waals surface area contributed by atoms with E-state index >= 15 is 0 Å². The molecule has 1 aromatic rings. The molecule has 1 rings (SSSR count). The van der Waals surface area contributed by atoms with Crippen LogP contribution >= 0.6 is 24.0 Å². The van der Waals surface area contributed by atoms with Crippen molar-refractivity contribution in [2.24, 2.45) is 5.73 Å². The highest BCUT2D eigenvalue weighted by atomic mass is 35.5. The maximum Gasteiger partial charge on any atom is 0.180 e. The molecule has 0 bridgehead atoms. The lowest BCUT2D eigenvalue weighted by Gasteiger charge is -2.06. The highest BCUT2D eigenvalue weighted by Crippen LogP contribution is 2.22. The van der Waals surface area contributed by atoms with Gasteiger partial charge in [-0.2, -0.15) is 0 Å². The Morgan fingerprint density at radius 2 is 2.21 bits per heavy atom. The quantitative estimate of drug-likeness (QED) is 0.815. The first kappa shape index (κ1) is 13.2. The number of rotatable bonds is 3. The van der Waals surface area contributed by atoms with Gasteiger partial charge in [0, 0.05) is 5.02 Å². The Morgan fingerprint density at radius 1 is 1.57 bits per heavy atom. The molecule has 0 aliphatic carbocycles. The molecular formula is C9H11Cl2NO2. The van der Waals surface area contributed by atoms with Crippen molar-refractivity contribution in [2.45, 2.75) is 0 Å². The Morgan fingerprint density at radius 3 is 2.71 bits per heavy atom. The standard InChI is InChI=1S/C9H10ClNO2.ClH/c1-13-9-3-2-6(10)4-7(9)8(12)5-11;/h2-4H,5,11H2,1H3;1H. The van der Waals surface area contributed by atoms with Gasteiger partial charge in [-0.05, 0) is 18.2 Å². The molecule has 0 atom stereocenters. The van der Waals surface area contributed by atoms with Crippen molar-refractivity contribution in [3.63, 3.8) is 0 Å². The first-order valence-electron chi connectivity index (χ1n) is 3.76. The topological polar surface area (TPSA) is 52.3 Å². The zero-order valence-corrected chi connectivity index (χ0v) is 9.19. The first-order valence-corrected chi connectivity index (χ1v) is 4.13. The van der Waals surface area contributed by atoms with Gasteiger partial charge in [0.25, 0.3) is 0 Å². The molecule has 0 amide bonds. The van der Waals surface area contributed by atoms with E-state index in [1.807, 2.05) is 0 Å². The van der Waals surface area contributed by atoms with Crippen molar-refractivity contribution in [3.05, 3.63) is 28.8 Å². The van der Waals surface area contributed by atoms with Gasteiger partial charge >= 0.3 is 0 Å². The van der Waals surface area contributed by atoms with E-state index < -0.39 is 0 Å². The molecule has 5 heteroatoms. The second kappa shape index (κ2) is 5.86. The van der Waals surface area contributed by atoms with E-state index in [-0.39, 0.29) is 24.7 Å². The molecule has 0 aliphatic heterocycles. The average Bonchev–Trinajstić information content (AvgIpc) is 2.16. The van der Waals surface area contributed by atoms with Gasteiger partial charge < -0.3 is 10.5 Å². The van der Waals surface area contributed by atoms with Gasteiger partial charge in [-0.25, -0.2) is 0 Å². The Hall–Kier alpha value is -0.770. The fourth-order valence-corrected chi connectivity index (χ4v) is 1.18. The lowest BCUT2D eigenvalue weighted by atomic mass is 10.1. The van der Waals surface area contributed by atoms with Crippen molar-refractivity contribution < 1.29 is 9.53 Å². The highest BCUT2D eigenvalue weighted by Gasteiger charge is 2.10. The fraction of sp³-hybridized carbons (Fsp3) is 0.222.